The minimum atomic E-state index is -2.93. The van der Waals surface area contributed by atoms with Crippen molar-refractivity contribution in [2.45, 2.75) is 33.0 Å². The van der Waals surface area contributed by atoms with Gasteiger partial charge in [0.2, 0.25) is 6.79 Å². The Bertz CT molecular complexity index is 699. The van der Waals surface area contributed by atoms with E-state index in [1.54, 1.807) is 6.07 Å². The van der Waals surface area contributed by atoms with Crippen LogP contribution in [0.1, 0.15) is 19.4 Å². The molecule has 2 aliphatic rings. The van der Waals surface area contributed by atoms with E-state index in [1.165, 1.54) is 6.07 Å². The molecule has 1 unspecified atom stereocenters. The van der Waals surface area contributed by atoms with Crippen molar-refractivity contribution in [2.24, 2.45) is 4.99 Å². The molecule has 1 saturated heterocycles. The predicted octanol–water partition coefficient (Wildman–Crippen LogP) is 1.79. The van der Waals surface area contributed by atoms with Crippen molar-refractivity contribution in [1.82, 2.24) is 15.5 Å². The molecule has 1 fully saturated rings. The number of nitrogens with zero attached hydrogens (tertiary/aromatic N) is 2. The summed E-state index contributed by atoms with van der Waals surface area (Å²) in [4.78, 5) is 6.88. The smallest absolute Gasteiger partial charge is 0.387 e. The van der Waals surface area contributed by atoms with E-state index in [2.05, 4.69) is 32.2 Å². The Morgan fingerprint density at radius 3 is 2.62 bits per heavy atom. The minimum Gasteiger partial charge on any atom is -0.454 e. The van der Waals surface area contributed by atoms with Crippen LogP contribution in [-0.4, -0.2) is 69.7 Å². The number of alkyl halides is 2. The highest BCUT2D eigenvalue weighted by atomic mass is 19.3. The molecule has 0 spiro atoms. The molecule has 2 heterocycles. The second-order valence-electron chi connectivity index (χ2n) is 6.77. The van der Waals surface area contributed by atoms with Crippen LogP contribution in [0.2, 0.25) is 0 Å². The van der Waals surface area contributed by atoms with Crippen LogP contribution in [0.15, 0.2) is 17.1 Å². The van der Waals surface area contributed by atoms with Crippen molar-refractivity contribution in [3.63, 3.8) is 0 Å². The monoisotopic (exact) mass is 414 g/mol. The maximum atomic E-state index is 12.8. The Morgan fingerprint density at radius 2 is 1.93 bits per heavy atom. The fourth-order valence-corrected chi connectivity index (χ4v) is 3.19. The molecule has 0 aliphatic carbocycles. The van der Waals surface area contributed by atoms with Gasteiger partial charge in [-0.3, -0.25) is 4.90 Å². The molecule has 29 heavy (non-hydrogen) atoms. The highest BCUT2D eigenvalue weighted by molar-refractivity contribution is 5.79. The van der Waals surface area contributed by atoms with Gasteiger partial charge in [-0.05, 0) is 19.9 Å². The highest BCUT2D eigenvalue weighted by Gasteiger charge is 2.20. The van der Waals surface area contributed by atoms with Crippen LogP contribution in [0.5, 0.6) is 17.2 Å². The van der Waals surface area contributed by atoms with Gasteiger partial charge in [0.1, 0.15) is 5.75 Å². The van der Waals surface area contributed by atoms with Crippen LogP contribution in [0, 0.1) is 0 Å². The molecule has 1 atom stereocenters. The molecule has 10 heteroatoms. The molecule has 162 valence electrons. The fraction of sp³-hybridized carbons (Fsp3) is 0.632. The summed E-state index contributed by atoms with van der Waals surface area (Å²) in [5.41, 5.74) is 0.494. The van der Waals surface area contributed by atoms with E-state index < -0.39 is 6.61 Å². The predicted molar refractivity (Wildman–Crippen MR) is 104 cm³/mol. The third-order valence-corrected chi connectivity index (χ3v) is 4.76. The Morgan fingerprint density at radius 1 is 1.21 bits per heavy atom. The standard InChI is InChI=1S/C19H28F2N4O4/c1-3-22-19(23-10-13(2)25-4-6-26-7-5-25)24-11-14-8-16-17(28-12-27-16)9-15(14)29-18(20)21/h8-9,13,18H,3-7,10-12H2,1-2H3,(H2,22,23,24). The van der Waals surface area contributed by atoms with E-state index in [0.717, 1.165) is 26.3 Å². The van der Waals surface area contributed by atoms with Crippen LogP contribution >= 0.6 is 0 Å². The molecule has 2 aliphatic heterocycles. The lowest BCUT2D eigenvalue weighted by atomic mass is 10.1. The van der Waals surface area contributed by atoms with Crippen molar-refractivity contribution in [3.8, 4) is 17.2 Å². The van der Waals surface area contributed by atoms with E-state index in [1.807, 2.05) is 6.92 Å². The second kappa shape index (κ2) is 10.4. The van der Waals surface area contributed by atoms with Crippen molar-refractivity contribution in [2.75, 3.05) is 46.2 Å². The van der Waals surface area contributed by atoms with Crippen LogP contribution in [0.3, 0.4) is 0 Å². The molecule has 2 N–H and O–H groups in total. The van der Waals surface area contributed by atoms with E-state index >= 15 is 0 Å². The first-order chi connectivity index (χ1) is 14.1. The van der Waals surface area contributed by atoms with Gasteiger partial charge in [-0.1, -0.05) is 0 Å². The highest BCUT2D eigenvalue weighted by Crippen LogP contribution is 2.39. The molecular weight excluding hydrogens is 386 g/mol. The summed E-state index contributed by atoms with van der Waals surface area (Å²) in [6.45, 7) is 6.07. The zero-order chi connectivity index (χ0) is 20.6. The second-order valence-corrected chi connectivity index (χ2v) is 6.77. The minimum absolute atomic E-state index is 0.0329. The summed E-state index contributed by atoms with van der Waals surface area (Å²) in [5.74, 6) is 1.52. The third kappa shape index (κ3) is 6.07. The first-order valence-electron chi connectivity index (χ1n) is 9.78. The maximum Gasteiger partial charge on any atom is 0.387 e. The normalized spacial score (nSPS) is 18.0. The molecular formula is C19H28F2N4O4. The Balaban J connectivity index is 1.66. The van der Waals surface area contributed by atoms with E-state index in [4.69, 9.17) is 14.2 Å². The zero-order valence-electron chi connectivity index (χ0n) is 16.7. The number of hydrogen-bond donors (Lipinski definition) is 2. The fourth-order valence-electron chi connectivity index (χ4n) is 3.19. The van der Waals surface area contributed by atoms with Gasteiger partial charge in [-0.25, -0.2) is 4.99 Å². The summed E-state index contributed by atoms with van der Waals surface area (Å²) in [7, 11) is 0. The van der Waals surface area contributed by atoms with Crippen molar-refractivity contribution >= 4 is 5.96 Å². The van der Waals surface area contributed by atoms with E-state index in [9.17, 15) is 8.78 Å². The van der Waals surface area contributed by atoms with Gasteiger partial charge in [0, 0.05) is 43.9 Å². The number of hydrogen-bond acceptors (Lipinski definition) is 6. The number of ether oxygens (including phenoxy) is 4. The largest absolute Gasteiger partial charge is 0.454 e. The Kier molecular flexibility index (Phi) is 7.70. The first kappa shape index (κ1) is 21.4. The van der Waals surface area contributed by atoms with Gasteiger partial charge in [0.25, 0.3) is 0 Å². The topological polar surface area (TPSA) is 76.6 Å². The molecule has 0 saturated carbocycles. The molecule has 1 aromatic rings. The summed E-state index contributed by atoms with van der Waals surface area (Å²) in [6, 6.07) is 3.36. The SMILES string of the molecule is CCNC(=NCc1cc2c(cc1OC(F)F)OCO2)NCC(C)N1CCOCC1. The van der Waals surface area contributed by atoms with Crippen LogP contribution in [-0.2, 0) is 11.3 Å². The first-order valence-corrected chi connectivity index (χ1v) is 9.78. The van der Waals surface area contributed by atoms with Gasteiger partial charge < -0.3 is 29.6 Å². The lowest BCUT2D eigenvalue weighted by molar-refractivity contribution is -0.0505. The van der Waals surface area contributed by atoms with Gasteiger partial charge in [0.15, 0.2) is 17.5 Å². The average Bonchev–Trinajstić information content (AvgIpc) is 3.17. The van der Waals surface area contributed by atoms with Crippen LogP contribution in [0.25, 0.3) is 0 Å². The number of guanidine groups is 1. The molecule has 1 aromatic carbocycles. The zero-order valence-corrected chi connectivity index (χ0v) is 16.7. The maximum absolute atomic E-state index is 12.8. The summed E-state index contributed by atoms with van der Waals surface area (Å²) in [6.07, 6.45) is 0. The summed E-state index contributed by atoms with van der Waals surface area (Å²) < 4.78 is 46.2. The average molecular weight is 414 g/mol. The molecule has 8 nitrogen and oxygen atoms in total. The molecule has 0 aromatic heterocycles. The number of morpholine rings is 1. The van der Waals surface area contributed by atoms with E-state index in [0.29, 0.717) is 42.2 Å². The summed E-state index contributed by atoms with van der Waals surface area (Å²) in [5, 5.41) is 6.49. The lowest BCUT2D eigenvalue weighted by Crippen LogP contribution is -2.49. The van der Waals surface area contributed by atoms with Crippen LogP contribution in [0.4, 0.5) is 8.78 Å². The number of aliphatic imine (C=N–C) groups is 1. The number of nitrogens with one attached hydrogen (secondary N) is 2. The molecule has 0 radical (unpaired) electrons. The van der Waals surface area contributed by atoms with Gasteiger partial charge in [0.05, 0.1) is 19.8 Å². The van der Waals surface area contributed by atoms with Crippen molar-refractivity contribution in [1.29, 1.82) is 0 Å². The lowest BCUT2D eigenvalue weighted by Gasteiger charge is -2.32. The molecule has 0 bridgehead atoms. The van der Waals surface area contributed by atoms with Crippen molar-refractivity contribution < 1.29 is 27.7 Å². The van der Waals surface area contributed by atoms with Gasteiger partial charge in [-0.2, -0.15) is 8.78 Å². The number of halogens is 2. The van der Waals surface area contributed by atoms with Crippen molar-refractivity contribution in [3.05, 3.63) is 17.7 Å². The quantitative estimate of drug-likeness (QED) is 0.496. The van der Waals surface area contributed by atoms with Crippen LogP contribution < -0.4 is 24.8 Å². The molecule has 3 rings (SSSR count). The number of fused-ring (bicyclic) bond motifs is 1. The Hall–Kier alpha value is -2.33. The van der Waals surface area contributed by atoms with Gasteiger partial charge >= 0.3 is 6.61 Å². The van der Waals surface area contributed by atoms with Gasteiger partial charge in [-0.15, -0.1) is 0 Å². The van der Waals surface area contributed by atoms with E-state index in [-0.39, 0.29) is 19.1 Å². The number of benzene rings is 1. The number of rotatable bonds is 8. The molecule has 0 amide bonds. The third-order valence-electron chi connectivity index (χ3n) is 4.76. The summed E-state index contributed by atoms with van der Waals surface area (Å²) >= 11 is 0. The Labute approximate surface area is 169 Å².